The first-order valence-electron chi connectivity index (χ1n) is 5.41. The van der Waals surface area contributed by atoms with Crippen LogP contribution in [0.1, 0.15) is 26.7 Å². The molecular weight excluding hydrogens is 180 g/mol. The summed E-state index contributed by atoms with van der Waals surface area (Å²) in [6, 6.07) is 0. The molecule has 14 heavy (non-hydrogen) atoms. The Labute approximate surface area is 83.4 Å². The normalized spacial score (nSPS) is 49.9. The predicted molar refractivity (Wildman–Crippen MR) is 49.4 cm³/mol. The monoisotopic (exact) mass is 196 g/mol. The molecule has 1 aliphatic heterocycles. The summed E-state index contributed by atoms with van der Waals surface area (Å²) < 4.78 is 5.31. The van der Waals surface area contributed by atoms with E-state index in [1.807, 2.05) is 13.8 Å². The highest BCUT2D eigenvalue weighted by molar-refractivity contribution is 5.77. The third-order valence-electron chi connectivity index (χ3n) is 4.30. The Kier molecular flexibility index (Phi) is 1.45. The molecule has 2 bridgehead atoms. The van der Waals surface area contributed by atoms with Gasteiger partial charge in [0.25, 0.3) is 0 Å². The van der Waals surface area contributed by atoms with Gasteiger partial charge in [-0.3, -0.25) is 4.79 Å². The SMILES string of the molecule is CC(C)(O)[C@@H]1[C@@H]2C[C@@H]3[C@H]1C(=O)O[C@@H]3C2. The Bertz CT molecular complexity index is 289. The lowest BCUT2D eigenvalue weighted by molar-refractivity contribution is -0.146. The summed E-state index contributed by atoms with van der Waals surface area (Å²) in [5.41, 5.74) is -0.738. The predicted octanol–water partition coefficient (Wildman–Crippen LogP) is 0.955. The molecule has 0 aromatic rings. The molecule has 1 saturated heterocycles. The van der Waals surface area contributed by atoms with Crippen LogP contribution in [0, 0.1) is 23.7 Å². The van der Waals surface area contributed by atoms with E-state index >= 15 is 0 Å². The maximum Gasteiger partial charge on any atom is 0.310 e. The van der Waals surface area contributed by atoms with E-state index in [1.54, 1.807) is 0 Å². The van der Waals surface area contributed by atoms with E-state index in [-0.39, 0.29) is 23.9 Å². The Morgan fingerprint density at radius 3 is 2.79 bits per heavy atom. The van der Waals surface area contributed by atoms with Crippen LogP contribution < -0.4 is 0 Å². The van der Waals surface area contributed by atoms with Gasteiger partial charge in [-0.2, -0.15) is 0 Å². The lowest BCUT2D eigenvalue weighted by Crippen LogP contribution is -2.41. The molecule has 5 atom stereocenters. The zero-order valence-corrected chi connectivity index (χ0v) is 8.56. The number of hydrogen-bond acceptors (Lipinski definition) is 3. The van der Waals surface area contributed by atoms with Gasteiger partial charge in [-0.15, -0.1) is 0 Å². The lowest BCUT2D eigenvalue weighted by atomic mass is 9.72. The number of esters is 1. The van der Waals surface area contributed by atoms with Crippen molar-refractivity contribution in [3.63, 3.8) is 0 Å². The molecular formula is C11H16O3. The van der Waals surface area contributed by atoms with E-state index in [0.717, 1.165) is 12.8 Å². The second kappa shape index (κ2) is 2.32. The molecule has 0 aromatic heterocycles. The largest absolute Gasteiger partial charge is 0.462 e. The average molecular weight is 196 g/mol. The molecule has 0 spiro atoms. The Hall–Kier alpha value is -0.570. The van der Waals surface area contributed by atoms with Gasteiger partial charge in [0, 0.05) is 11.8 Å². The fourth-order valence-corrected chi connectivity index (χ4v) is 4.00. The number of rotatable bonds is 1. The van der Waals surface area contributed by atoms with Gasteiger partial charge in [0.15, 0.2) is 0 Å². The minimum absolute atomic E-state index is 0.0150. The van der Waals surface area contributed by atoms with Crippen LogP contribution in [0.3, 0.4) is 0 Å². The van der Waals surface area contributed by atoms with Crippen molar-refractivity contribution in [3.8, 4) is 0 Å². The summed E-state index contributed by atoms with van der Waals surface area (Å²) in [5.74, 6) is 0.954. The molecule has 78 valence electrons. The zero-order chi connectivity index (χ0) is 10.1. The number of aliphatic hydroxyl groups is 1. The van der Waals surface area contributed by atoms with Crippen LogP contribution in [0.25, 0.3) is 0 Å². The summed E-state index contributed by atoms with van der Waals surface area (Å²) in [7, 11) is 0. The van der Waals surface area contributed by atoms with Crippen LogP contribution >= 0.6 is 0 Å². The molecule has 2 aliphatic carbocycles. The van der Waals surface area contributed by atoms with Gasteiger partial charge in [-0.25, -0.2) is 0 Å². The van der Waals surface area contributed by atoms with Crippen LogP contribution in [-0.4, -0.2) is 22.8 Å². The van der Waals surface area contributed by atoms with Gasteiger partial charge < -0.3 is 9.84 Å². The van der Waals surface area contributed by atoms with Crippen LogP contribution in [-0.2, 0) is 9.53 Å². The summed E-state index contributed by atoms with van der Waals surface area (Å²) in [6.07, 6.45) is 2.23. The van der Waals surface area contributed by atoms with Crippen LogP contribution in [0.4, 0.5) is 0 Å². The van der Waals surface area contributed by atoms with Gasteiger partial charge in [0.1, 0.15) is 6.10 Å². The first kappa shape index (κ1) is 8.72. The minimum atomic E-state index is -0.738. The quantitative estimate of drug-likeness (QED) is 0.635. The van der Waals surface area contributed by atoms with Crippen LogP contribution in [0.5, 0.6) is 0 Å². The fourth-order valence-electron chi connectivity index (χ4n) is 4.00. The Balaban J connectivity index is 1.99. The van der Waals surface area contributed by atoms with E-state index < -0.39 is 5.60 Å². The molecule has 1 heterocycles. The molecule has 3 rings (SSSR count). The second-order valence-corrected chi connectivity index (χ2v) is 5.58. The standard InChI is InChI=1S/C11H16O3/c1-11(2,13)9-5-3-6-7(4-5)14-10(12)8(6)9/h5-9,13H,3-4H2,1-2H3/t5-,6+,7-,8-,9-/m1/s1. The van der Waals surface area contributed by atoms with Gasteiger partial charge in [0.2, 0.25) is 0 Å². The fraction of sp³-hybridized carbons (Fsp3) is 0.909. The smallest absolute Gasteiger partial charge is 0.310 e. The van der Waals surface area contributed by atoms with Crippen molar-refractivity contribution in [2.24, 2.45) is 23.7 Å². The van der Waals surface area contributed by atoms with Crippen molar-refractivity contribution >= 4 is 5.97 Å². The average Bonchev–Trinajstić information content (AvgIpc) is 2.59. The zero-order valence-electron chi connectivity index (χ0n) is 8.56. The topological polar surface area (TPSA) is 46.5 Å². The highest BCUT2D eigenvalue weighted by Gasteiger charge is 2.64. The number of carbonyl (C=O) groups is 1. The van der Waals surface area contributed by atoms with Gasteiger partial charge >= 0.3 is 5.97 Å². The highest BCUT2D eigenvalue weighted by Crippen LogP contribution is 2.60. The summed E-state index contributed by atoms with van der Waals surface area (Å²) in [4.78, 5) is 11.6. The van der Waals surface area contributed by atoms with Crippen molar-refractivity contribution in [1.29, 1.82) is 0 Å². The first-order chi connectivity index (χ1) is 6.48. The molecule has 0 radical (unpaired) electrons. The molecule has 2 saturated carbocycles. The molecule has 0 unspecified atom stereocenters. The second-order valence-electron chi connectivity index (χ2n) is 5.58. The summed E-state index contributed by atoms with van der Waals surface area (Å²) in [5, 5.41) is 10.1. The summed E-state index contributed by atoms with van der Waals surface area (Å²) >= 11 is 0. The van der Waals surface area contributed by atoms with Gasteiger partial charge in [0.05, 0.1) is 11.5 Å². The summed E-state index contributed by atoms with van der Waals surface area (Å²) in [6.45, 7) is 3.64. The Morgan fingerprint density at radius 2 is 2.14 bits per heavy atom. The highest BCUT2D eigenvalue weighted by atomic mass is 16.6. The molecule has 3 heteroatoms. The molecule has 0 amide bonds. The van der Waals surface area contributed by atoms with Gasteiger partial charge in [-0.05, 0) is 32.6 Å². The van der Waals surface area contributed by atoms with Gasteiger partial charge in [-0.1, -0.05) is 0 Å². The van der Waals surface area contributed by atoms with E-state index in [2.05, 4.69) is 0 Å². The number of carbonyl (C=O) groups excluding carboxylic acids is 1. The minimum Gasteiger partial charge on any atom is -0.462 e. The van der Waals surface area contributed by atoms with E-state index in [0.29, 0.717) is 11.8 Å². The van der Waals surface area contributed by atoms with Crippen molar-refractivity contribution in [2.75, 3.05) is 0 Å². The number of ether oxygens (including phenoxy) is 1. The molecule has 3 nitrogen and oxygen atoms in total. The first-order valence-corrected chi connectivity index (χ1v) is 5.41. The maximum absolute atomic E-state index is 11.6. The van der Waals surface area contributed by atoms with Crippen molar-refractivity contribution in [2.45, 2.75) is 38.4 Å². The van der Waals surface area contributed by atoms with Crippen molar-refractivity contribution in [3.05, 3.63) is 0 Å². The number of fused-ring (bicyclic) bond motifs is 1. The third-order valence-corrected chi connectivity index (χ3v) is 4.30. The van der Waals surface area contributed by atoms with E-state index in [4.69, 9.17) is 4.74 Å². The molecule has 1 N–H and O–H groups in total. The third kappa shape index (κ3) is 0.888. The molecule has 3 aliphatic rings. The molecule has 0 aromatic carbocycles. The van der Waals surface area contributed by atoms with Crippen LogP contribution in [0.2, 0.25) is 0 Å². The van der Waals surface area contributed by atoms with Crippen molar-refractivity contribution in [1.82, 2.24) is 0 Å². The van der Waals surface area contributed by atoms with Crippen molar-refractivity contribution < 1.29 is 14.6 Å². The molecule has 3 fully saturated rings. The van der Waals surface area contributed by atoms with E-state index in [9.17, 15) is 9.90 Å². The van der Waals surface area contributed by atoms with Crippen LogP contribution in [0.15, 0.2) is 0 Å². The number of hydrogen-bond donors (Lipinski definition) is 1. The lowest BCUT2D eigenvalue weighted by Gasteiger charge is -2.34. The van der Waals surface area contributed by atoms with E-state index in [1.165, 1.54) is 0 Å². The Morgan fingerprint density at radius 1 is 1.43 bits per heavy atom. The maximum atomic E-state index is 11.6.